The second kappa shape index (κ2) is 7.06. The number of hydrogen-bond acceptors (Lipinski definition) is 4. The molecule has 0 amide bonds. The standard InChI is InChI=1S/C12H21N3O/c1-10-6-8-15-12(11(10)13)14-7-4-3-5-9-16-2/h6,8H,3-5,7,9,13H2,1-2H3,(H,14,15). The van der Waals surface area contributed by atoms with E-state index in [0.29, 0.717) is 0 Å². The van der Waals surface area contributed by atoms with Crippen LogP contribution in [-0.2, 0) is 4.74 Å². The van der Waals surface area contributed by atoms with Crippen molar-refractivity contribution >= 4 is 11.5 Å². The van der Waals surface area contributed by atoms with E-state index in [0.717, 1.165) is 49.5 Å². The van der Waals surface area contributed by atoms with E-state index < -0.39 is 0 Å². The molecule has 0 saturated heterocycles. The van der Waals surface area contributed by atoms with Gasteiger partial charge in [0.25, 0.3) is 0 Å². The second-order valence-corrected chi connectivity index (χ2v) is 3.87. The third-order valence-electron chi connectivity index (χ3n) is 2.53. The first-order valence-corrected chi connectivity index (χ1v) is 5.69. The highest BCUT2D eigenvalue weighted by molar-refractivity contribution is 5.64. The zero-order valence-corrected chi connectivity index (χ0v) is 10.1. The van der Waals surface area contributed by atoms with Crippen molar-refractivity contribution in [2.24, 2.45) is 0 Å². The molecule has 0 atom stereocenters. The predicted octanol–water partition coefficient (Wildman–Crippen LogP) is 2.20. The molecule has 0 saturated carbocycles. The van der Waals surface area contributed by atoms with E-state index >= 15 is 0 Å². The minimum Gasteiger partial charge on any atom is -0.396 e. The molecule has 1 aromatic rings. The number of rotatable bonds is 7. The van der Waals surface area contributed by atoms with E-state index in [4.69, 9.17) is 10.5 Å². The first kappa shape index (κ1) is 12.8. The fourth-order valence-electron chi connectivity index (χ4n) is 1.47. The number of aryl methyl sites for hydroxylation is 1. The quantitative estimate of drug-likeness (QED) is 0.696. The lowest BCUT2D eigenvalue weighted by Gasteiger charge is -2.09. The van der Waals surface area contributed by atoms with Crippen LogP contribution in [0.3, 0.4) is 0 Å². The monoisotopic (exact) mass is 223 g/mol. The number of hydrogen-bond donors (Lipinski definition) is 2. The Kier molecular flexibility index (Phi) is 5.64. The molecule has 3 N–H and O–H groups in total. The number of nitrogens with zero attached hydrogens (tertiary/aromatic N) is 1. The van der Waals surface area contributed by atoms with Crippen LogP contribution in [0.1, 0.15) is 24.8 Å². The molecule has 0 bridgehead atoms. The average Bonchev–Trinajstić information content (AvgIpc) is 2.29. The molecular formula is C12H21N3O. The topological polar surface area (TPSA) is 60.2 Å². The summed E-state index contributed by atoms with van der Waals surface area (Å²) in [5, 5.41) is 3.25. The highest BCUT2D eigenvalue weighted by Gasteiger charge is 2.01. The van der Waals surface area contributed by atoms with Gasteiger partial charge in [0, 0.05) is 26.5 Å². The van der Waals surface area contributed by atoms with Gasteiger partial charge in [-0.05, 0) is 37.8 Å². The van der Waals surface area contributed by atoms with Crippen LogP contribution in [0.25, 0.3) is 0 Å². The van der Waals surface area contributed by atoms with E-state index in [2.05, 4.69) is 10.3 Å². The molecule has 4 heteroatoms. The molecule has 1 heterocycles. The van der Waals surface area contributed by atoms with Crippen molar-refractivity contribution in [3.63, 3.8) is 0 Å². The van der Waals surface area contributed by atoms with Crippen LogP contribution in [-0.4, -0.2) is 25.2 Å². The first-order chi connectivity index (χ1) is 7.75. The van der Waals surface area contributed by atoms with Crippen LogP contribution in [0.5, 0.6) is 0 Å². The number of methoxy groups -OCH3 is 1. The molecule has 0 fully saturated rings. The summed E-state index contributed by atoms with van der Waals surface area (Å²) in [7, 11) is 1.73. The fraction of sp³-hybridized carbons (Fsp3) is 0.583. The van der Waals surface area contributed by atoms with E-state index in [1.54, 1.807) is 13.3 Å². The molecule has 0 aliphatic heterocycles. The summed E-state index contributed by atoms with van der Waals surface area (Å²) in [5.74, 6) is 0.798. The smallest absolute Gasteiger partial charge is 0.149 e. The van der Waals surface area contributed by atoms with Crippen molar-refractivity contribution in [3.8, 4) is 0 Å². The Morgan fingerprint density at radius 1 is 1.38 bits per heavy atom. The minimum atomic E-state index is 0.749. The summed E-state index contributed by atoms with van der Waals surface area (Å²) in [4.78, 5) is 4.21. The summed E-state index contributed by atoms with van der Waals surface area (Å²) in [6, 6.07) is 1.92. The van der Waals surface area contributed by atoms with Crippen molar-refractivity contribution in [1.82, 2.24) is 4.98 Å². The van der Waals surface area contributed by atoms with Gasteiger partial charge in [-0.3, -0.25) is 0 Å². The largest absolute Gasteiger partial charge is 0.396 e. The molecule has 4 nitrogen and oxygen atoms in total. The highest BCUT2D eigenvalue weighted by atomic mass is 16.5. The van der Waals surface area contributed by atoms with Crippen molar-refractivity contribution in [2.75, 3.05) is 31.3 Å². The SMILES string of the molecule is COCCCCCNc1nccc(C)c1N. The number of unbranched alkanes of at least 4 members (excludes halogenated alkanes) is 2. The molecule has 0 aliphatic rings. The molecule has 16 heavy (non-hydrogen) atoms. The van der Waals surface area contributed by atoms with E-state index in [1.165, 1.54) is 0 Å². The first-order valence-electron chi connectivity index (χ1n) is 5.69. The Balaban J connectivity index is 2.24. The molecule has 0 aromatic carbocycles. The number of ether oxygens (including phenoxy) is 1. The van der Waals surface area contributed by atoms with E-state index in [1.807, 2.05) is 13.0 Å². The van der Waals surface area contributed by atoms with Gasteiger partial charge in [0.2, 0.25) is 0 Å². The summed E-state index contributed by atoms with van der Waals surface area (Å²) >= 11 is 0. The van der Waals surface area contributed by atoms with Crippen LogP contribution in [0.4, 0.5) is 11.5 Å². The number of aromatic nitrogens is 1. The fourth-order valence-corrected chi connectivity index (χ4v) is 1.47. The minimum absolute atomic E-state index is 0.749. The van der Waals surface area contributed by atoms with Gasteiger partial charge < -0.3 is 15.8 Å². The normalized spacial score (nSPS) is 10.4. The van der Waals surface area contributed by atoms with Gasteiger partial charge in [-0.25, -0.2) is 4.98 Å². The average molecular weight is 223 g/mol. The summed E-state index contributed by atoms with van der Waals surface area (Å²) in [6.07, 6.45) is 5.15. The molecule has 1 aromatic heterocycles. The van der Waals surface area contributed by atoms with Gasteiger partial charge >= 0.3 is 0 Å². The zero-order valence-electron chi connectivity index (χ0n) is 10.1. The van der Waals surface area contributed by atoms with Crippen molar-refractivity contribution in [1.29, 1.82) is 0 Å². The van der Waals surface area contributed by atoms with Gasteiger partial charge in [-0.2, -0.15) is 0 Å². The molecular weight excluding hydrogens is 202 g/mol. The Morgan fingerprint density at radius 3 is 2.94 bits per heavy atom. The maximum absolute atomic E-state index is 5.90. The van der Waals surface area contributed by atoms with Gasteiger partial charge in [-0.1, -0.05) is 0 Å². The van der Waals surface area contributed by atoms with Crippen molar-refractivity contribution in [3.05, 3.63) is 17.8 Å². The lowest BCUT2D eigenvalue weighted by atomic mass is 10.2. The molecule has 0 aliphatic carbocycles. The van der Waals surface area contributed by atoms with Crippen LogP contribution < -0.4 is 11.1 Å². The third kappa shape index (κ3) is 4.06. The van der Waals surface area contributed by atoms with Crippen LogP contribution in [0.15, 0.2) is 12.3 Å². The zero-order chi connectivity index (χ0) is 11.8. The Labute approximate surface area is 97.2 Å². The number of nitrogens with two attached hydrogens (primary N) is 1. The lowest BCUT2D eigenvalue weighted by molar-refractivity contribution is 0.192. The molecule has 0 spiro atoms. The number of nitrogens with one attached hydrogen (secondary N) is 1. The maximum Gasteiger partial charge on any atom is 0.149 e. The maximum atomic E-state index is 5.90. The Morgan fingerprint density at radius 2 is 2.19 bits per heavy atom. The van der Waals surface area contributed by atoms with Crippen molar-refractivity contribution < 1.29 is 4.74 Å². The summed E-state index contributed by atoms with van der Waals surface area (Å²) in [6.45, 7) is 3.73. The van der Waals surface area contributed by atoms with E-state index in [-0.39, 0.29) is 0 Å². The molecule has 0 radical (unpaired) electrons. The number of anilines is 2. The summed E-state index contributed by atoms with van der Waals surface area (Å²) in [5.41, 5.74) is 7.72. The van der Waals surface area contributed by atoms with Crippen LogP contribution >= 0.6 is 0 Å². The Hall–Kier alpha value is -1.29. The Bertz CT molecular complexity index is 315. The molecule has 0 unspecified atom stereocenters. The number of pyridine rings is 1. The second-order valence-electron chi connectivity index (χ2n) is 3.87. The van der Waals surface area contributed by atoms with Gasteiger partial charge in [0.15, 0.2) is 0 Å². The highest BCUT2D eigenvalue weighted by Crippen LogP contribution is 2.18. The van der Waals surface area contributed by atoms with Crippen LogP contribution in [0.2, 0.25) is 0 Å². The van der Waals surface area contributed by atoms with Gasteiger partial charge in [0.05, 0.1) is 5.69 Å². The van der Waals surface area contributed by atoms with Gasteiger partial charge in [0.1, 0.15) is 5.82 Å². The molecule has 90 valence electrons. The third-order valence-corrected chi connectivity index (χ3v) is 2.53. The van der Waals surface area contributed by atoms with Gasteiger partial charge in [-0.15, -0.1) is 0 Å². The van der Waals surface area contributed by atoms with E-state index in [9.17, 15) is 0 Å². The number of nitrogen functional groups attached to an aromatic ring is 1. The summed E-state index contributed by atoms with van der Waals surface area (Å²) < 4.78 is 4.99. The molecule has 1 rings (SSSR count). The predicted molar refractivity (Wildman–Crippen MR) is 67.6 cm³/mol. The van der Waals surface area contributed by atoms with Crippen LogP contribution in [0, 0.1) is 6.92 Å². The lowest BCUT2D eigenvalue weighted by Crippen LogP contribution is -2.07. The van der Waals surface area contributed by atoms with Crippen molar-refractivity contribution in [2.45, 2.75) is 26.2 Å².